The topological polar surface area (TPSA) is 85.8 Å². The van der Waals surface area contributed by atoms with Gasteiger partial charge >= 0.3 is 0 Å². The van der Waals surface area contributed by atoms with Crippen molar-refractivity contribution >= 4 is 44.3 Å². The van der Waals surface area contributed by atoms with Gasteiger partial charge in [-0.3, -0.25) is 4.79 Å². The van der Waals surface area contributed by atoms with Crippen LogP contribution in [0.1, 0.15) is 18.4 Å². The van der Waals surface area contributed by atoms with Crippen molar-refractivity contribution in [3.63, 3.8) is 0 Å². The highest BCUT2D eigenvalue weighted by atomic mass is 32.1. The molecule has 1 aromatic carbocycles. The minimum atomic E-state index is 0.167. The van der Waals surface area contributed by atoms with E-state index in [1.807, 2.05) is 23.7 Å². The first kappa shape index (κ1) is 16.3. The Balaban J connectivity index is 1.51. The molecule has 1 aliphatic rings. The SMILES string of the molecule is Cn1cnc2c(N)nc3cc(-c4cccc(CNC(=O)C5CC5)c4)sc3c21. The molecule has 7 heteroatoms. The molecule has 0 spiro atoms. The molecule has 0 saturated heterocycles. The minimum Gasteiger partial charge on any atom is -0.382 e. The minimum absolute atomic E-state index is 0.167. The van der Waals surface area contributed by atoms with Gasteiger partial charge in [0.1, 0.15) is 5.52 Å². The smallest absolute Gasteiger partial charge is 0.223 e. The monoisotopic (exact) mass is 377 g/mol. The number of thiophene rings is 1. The zero-order chi connectivity index (χ0) is 18.5. The Morgan fingerprint density at radius 1 is 1.37 bits per heavy atom. The second-order valence-electron chi connectivity index (χ2n) is 7.07. The van der Waals surface area contributed by atoms with E-state index in [1.165, 1.54) is 0 Å². The van der Waals surface area contributed by atoms with E-state index < -0.39 is 0 Å². The lowest BCUT2D eigenvalue weighted by Crippen LogP contribution is -2.24. The Labute approximate surface area is 160 Å². The van der Waals surface area contributed by atoms with Crippen molar-refractivity contribution in [1.82, 2.24) is 19.9 Å². The van der Waals surface area contributed by atoms with Crippen LogP contribution in [0.4, 0.5) is 5.82 Å². The maximum Gasteiger partial charge on any atom is 0.223 e. The summed E-state index contributed by atoms with van der Waals surface area (Å²) in [5.74, 6) is 0.855. The predicted molar refractivity (Wildman–Crippen MR) is 108 cm³/mol. The van der Waals surface area contributed by atoms with Crippen LogP contribution in [-0.4, -0.2) is 20.4 Å². The molecule has 0 aliphatic heterocycles. The van der Waals surface area contributed by atoms with E-state index in [0.29, 0.717) is 12.4 Å². The molecule has 6 nitrogen and oxygen atoms in total. The number of carbonyl (C=O) groups excluding carboxylic acids is 1. The molecule has 1 aliphatic carbocycles. The average Bonchev–Trinajstić information content (AvgIpc) is 3.33. The van der Waals surface area contributed by atoms with E-state index in [4.69, 9.17) is 5.73 Å². The molecule has 1 amide bonds. The quantitative estimate of drug-likeness (QED) is 0.570. The molecule has 136 valence electrons. The van der Waals surface area contributed by atoms with Crippen LogP contribution in [0.25, 0.3) is 31.7 Å². The third kappa shape index (κ3) is 2.84. The number of hydrogen-bond donors (Lipinski definition) is 2. The maximum absolute atomic E-state index is 11.9. The maximum atomic E-state index is 11.9. The highest BCUT2D eigenvalue weighted by Crippen LogP contribution is 2.38. The van der Waals surface area contributed by atoms with Gasteiger partial charge in [0.25, 0.3) is 0 Å². The van der Waals surface area contributed by atoms with Crippen molar-refractivity contribution in [2.75, 3.05) is 5.73 Å². The molecule has 1 fully saturated rings. The molecule has 3 heterocycles. The number of aromatic nitrogens is 3. The summed E-state index contributed by atoms with van der Waals surface area (Å²) in [5.41, 5.74) is 10.9. The Kier molecular flexibility index (Phi) is 3.65. The summed E-state index contributed by atoms with van der Waals surface area (Å²) >= 11 is 1.69. The normalized spacial score (nSPS) is 14.1. The highest BCUT2D eigenvalue weighted by molar-refractivity contribution is 7.23. The fourth-order valence-corrected chi connectivity index (χ4v) is 4.54. The van der Waals surface area contributed by atoms with Crippen LogP contribution in [0, 0.1) is 5.92 Å². The van der Waals surface area contributed by atoms with Gasteiger partial charge in [0.05, 0.1) is 22.1 Å². The molecule has 5 rings (SSSR count). The second kappa shape index (κ2) is 6.06. The zero-order valence-electron chi connectivity index (χ0n) is 14.9. The lowest BCUT2D eigenvalue weighted by molar-refractivity contribution is -0.122. The summed E-state index contributed by atoms with van der Waals surface area (Å²) in [6.07, 6.45) is 3.81. The summed E-state index contributed by atoms with van der Waals surface area (Å²) in [6, 6.07) is 10.4. The predicted octanol–water partition coefficient (Wildman–Crippen LogP) is 3.46. The zero-order valence-corrected chi connectivity index (χ0v) is 15.7. The van der Waals surface area contributed by atoms with Crippen molar-refractivity contribution in [3.05, 3.63) is 42.2 Å². The van der Waals surface area contributed by atoms with E-state index in [2.05, 4.69) is 33.5 Å². The average molecular weight is 377 g/mol. The summed E-state index contributed by atoms with van der Waals surface area (Å²) in [6.45, 7) is 0.561. The van der Waals surface area contributed by atoms with Gasteiger partial charge in [-0.2, -0.15) is 0 Å². The van der Waals surface area contributed by atoms with Crippen LogP contribution >= 0.6 is 11.3 Å². The summed E-state index contributed by atoms with van der Waals surface area (Å²) < 4.78 is 3.07. The van der Waals surface area contributed by atoms with Crippen molar-refractivity contribution in [2.24, 2.45) is 13.0 Å². The van der Waals surface area contributed by atoms with Gasteiger partial charge in [-0.05, 0) is 36.1 Å². The molecule has 3 aromatic heterocycles. The lowest BCUT2D eigenvalue weighted by atomic mass is 10.1. The number of hydrogen-bond acceptors (Lipinski definition) is 5. The van der Waals surface area contributed by atoms with Crippen molar-refractivity contribution in [2.45, 2.75) is 19.4 Å². The van der Waals surface area contributed by atoms with E-state index in [0.717, 1.165) is 50.1 Å². The number of imidazole rings is 1. The van der Waals surface area contributed by atoms with Crippen LogP contribution in [0.15, 0.2) is 36.7 Å². The number of rotatable bonds is 4. The van der Waals surface area contributed by atoms with Crippen molar-refractivity contribution in [1.29, 1.82) is 0 Å². The molecular weight excluding hydrogens is 358 g/mol. The first-order valence-corrected chi connectivity index (χ1v) is 9.79. The number of nitrogens with two attached hydrogens (primary N) is 1. The van der Waals surface area contributed by atoms with Gasteiger partial charge in [-0.25, -0.2) is 9.97 Å². The molecule has 0 unspecified atom stereocenters. The van der Waals surface area contributed by atoms with Gasteiger partial charge in [0.2, 0.25) is 5.91 Å². The second-order valence-corrected chi connectivity index (χ2v) is 8.12. The molecule has 3 N–H and O–H groups in total. The molecular formula is C20H19N5OS. The van der Waals surface area contributed by atoms with Gasteiger partial charge < -0.3 is 15.6 Å². The van der Waals surface area contributed by atoms with E-state index in [-0.39, 0.29) is 11.8 Å². The highest BCUT2D eigenvalue weighted by Gasteiger charge is 2.29. The Morgan fingerprint density at radius 3 is 3.04 bits per heavy atom. The summed E-state index contributed by atoms with van der Waals surface area (Å²) in [4.78, 5) is 21.9. The fraction of sp³-hybridized carbons (Fsp3) is 0.250. The number of carbonyl (C=O) groups is 1. The van der Waals surface area contributed by atoms with Gasteiger partial charge in [-0.1, -0.05) is 18.2 Å². The van der Waals surface area contributed by atoms with Crippen molar-refractivity contribution < 1.29 is 4.79 Å². The number of amides is 1. The third-order valence-corrected chi connectivity index (χ3v) is 6.15. The van der Waals surface area contributed by atoms with Crippen LogP contribution in [-0.2, 0) is 18.4 Å². The van der Waals surface area contributed by atoms with Gasteiger partial charge in [0.15, 0.2) is 5.82 Å². The van der Waals surface area contributed by atoms with Crippen LogP contribution in [0.5, 0.6) is 0 Å². The summed E-state index contributed by atoms with van der Waals surface area (Å²) in [5, 5.41) is 3.03. The van der Waals surface area contributed by atoms with Gasteiger partial charge in [0, 0.05) is 24.4 Å². The number of anilines is 1. The largest absolute Gasteiger partial charge is 0.382 e. The number of fused-ring (bicyclic) bond motifs is 3. The van der Waals surface area contributed by atoms with Crippen LogP contribution in [0.3, 0.4) is 0 Å². The Hall–Kier alpha value is -2.93. The first-order valence-electron chi connectivity index (χ1n) is 8.97. The van der Waals surface area contributed by atoms with E-state index in [1.54, 1.807) is 17.7 Å². The number of benzene rings is 1. The lowest BCUT2D eigenvalue weighted by Gasteiger charge is -2.06. The number of nitrogens with zero attached hydrogens (tertiary/aromatic N) is 3. The van der Waals surface area contributed by atoms with E-state index >= 15 is 0 Å². The van der Waals surface area contributed by atoms with Crippen molar-refractivity contribution in [3.8, 4) is 10.4 Å². The Bertz CT molecular complexity index is 1190. The molecule has 0 bridgehead atoms. The van der Waals surface area contributed by atoms with Crippen LogP contribution in [0.2, 0.25) is 0 Å². The third-order valence-electron chi connectivity index (χ3n) is 4.97. The number of pyridine rings is 1. The molecule has 27 heavy (non-hydrogen) atoms. The number of nitrogen functional groups attached to an aromatic ring is 1. The standard InChI is InChI=1S/C20H19N5OS/c1-25-10-23-16-17(25)18-14(24-19(16)21)8-15(27-18)13-4-2-3-11(7-13)9-22-20(26)12-5-6-12/h2-4,7-8,10,12H,5-6,9H2,1H3,(H2,21,24)(H,22,26). The van der Waals surface area contributed by atoms with Gasteiger partial charge in [-0.15, -0.1) is 11.3 Å². The summed E-state index contributed by atoms with van der Waals surface area (Å²) in [7, 11) is 1.97. The molecule has 0 atom stereocenters. The molecule has 4 aromatic rings. The first-order chi connectivity index (χ1) is 13.1. The number of nitrogens with one attached hydrogen (secondary N) is 1. The fourth-order valence-electron chi connectivity index (χ4n) is 3.36. The van der Waals surface area contributed by atoms with E-state index in [9.17, 15) is 4.79 Å². The number of aryl methyl sites for hydroxylation is 1. The Morgan fingerprint density at radius 2 is 2.22 bits per heavy atom. The molecule has 0 radical (unpaired) electrons. The molecule has 1 saturated carbocycles. The van der Waals surface area contributed by atoms with Crippen LogP contribution < -0.4 is 11.1 Å².